The number of aliphatic hydroxyl groups excluding tert-OH is 1. The van der Waals surface area contributed by atoms with Crippen LogP contribution in [0.3, 0.4) is 0 Å². The number of nitrogens with one attached hydrogen (secondary N) is 1. The van der Waals surface area contributed by atoms with Crippen molar-refractivity contribution in [3.8, 4) is 0 Å². The van der Waals surface area contributed by atoms with Crippen LogP contribution in [0.25, 0.3) is 0 Å². The Morgan fingerprint density at radius 2 is 1.95 bits per heavy atom. The smallest absolute Gasteiger partial charge is 0.161 e. The molecule has 2 rings (SSSR count). The Morgan fingerprint density at radius 1 is 1.25 bits per heavy atom. The minimum atomic E-state index is -0.595. The molecule has 2 N–H and O–H groups in total. The lowest BCUT2D eigenvalue weighted by Crippen LogP contribution is -2.12. The number of aliphatic hydroxyl groups is 1. The predicted molar refractivity (Wildman–Crippen MR) is 81.3 cm³/mol. The van der Waals surface area contributed by atoms with Crippen molar-refractivity contribution >= 4 is 23.1 Å². The van der Waals surface area contributed by atoms with Gasteiger partial charge in [0, 0.05) is 17.8 Å². The van der Waals surface area contributed by atoms with Gasteiger partial charge in [-0.05, 0) is 30.7 Å². The van der Waals surface area contributed by atoms with Crippen LogP contribution in [-0.4, -0.2) is 17.4 Å². The SMILES string of the molecule is CC(=O)c1ccc(NCC(O)c2ccccc2)cc1Cl. The number of halogens is 1. The third kappa shape index (κ3) is 3.59. The standard InChI is InChI=1S/C16H16ClNO2/c1-11(19)14-8-7-13(9-15(14)17)18-10-16(20)12-5-3-2-4-6-12/h2-9,16,18,20H,10H2,1H3. The van der Waals surface area contributed by atoms with E-state index in [4.69, 9.17) is 11.6 Å². The molecule has 0 aromatic heterocycles. The Kier molecular flexibility index (Phi) is 4.77. The van der Waals surface area contributed by atoms with E-state index in [1.165, 1.54) is 6.92 Å². The van der Waals surface area contributed by atoms with Crippen molar-refractivity contribution in [2.24, 2.45) is 0 Å². The molecule has 0 spiro atoms. The van der Waals surface area contributed by atoms with Gasteiger partial charge in [0.2, 0.25) is 0 Å². The van der Waals surface area contributed by atoms with Gasteiger partial charge < -0.3 is 10.4 Å². The van der Waals surface area contributed by atoms with Crippen LogP contribution in [0.2, 0.25) is 5.02 Å². The highest BCUT2D eigenvalue weighted by molar-refractivity contribution is 6.34. The number of anilines is 1. The number of hydrogen-bond acceptors (Lipinski definition) is 3. The maximum atomic E-state index is 11.3. The molecule has 0 heterocycles. The van der Waals surface area contributed by atoms with Gasteiger partial charge in [-0.3, -0.25) is 4.79 Å². The molecule has 1 atom stereocenters. The van der Waals surface area contributed by atoms with Gasteiger partial charge in [-0.1, -0.05) is 41.9 Å². The molecule has 3 nitrogen and oxygen atoms in total. The van der Waals surface area contributed by atoms with Crippen LogP contribution in [0.15, 0.2) is 48.5 Å². The summed E-state index contributed by atoms with van der Waals surface area (Å²) in [6, 6.07) is 14.6. The van der Waals surface area contributed by atoms with E-state index in [0.29, 0.717) is 17.1 Å². The van der Waals surface area contributed by atoms with Crippen molar-refractivity contribution in [3.05, 3.63) is 64.7 Å². The fraction of sp³-hybridized carbons (Fsp3) is 0.188. The average molecular weight is 290 g/mol. The van der Waals surface area contributed by atoms with Gasteiger partial charge in [0.05, 0.1) is 11.1 Å². The lowest BCUT2D eigenvalue weighted by atomic mass is 10.1. The van der Waals surface area contributed by atoms with E-state index in [2.05, 4.69) is 5.32 Å². The molecule has 4 heteroatoms. The van der Waals surface area contributed by atoms with Crippen LogP contribution >= 0.6 is 11.6 Å². The number of Topliss-reactive ketones (excluding diaryl/α,β-unsaturated/α-hetero) is 1. The Morgan fingerprint density at radius 3 is 2.55 bits per heavy atom. The summed E-state index contributed by atoms with van der Waals surface area (Å²) in [5.74, 6) is -0.0640. The van der Waals surface area contributed by atoms with Crippen LogP contribution in [0.5, 0.6) is 0 Å². The molecule has 104 valence electrons. The second-order valence-corrected chi connectivity index (χ2v) is 4.97. The summed E-state index contributed by atoms with van der Waals surface area (Å²) in [4.78, 5) is 11.3. The van der Waals surface area contributed by atoms with Crippen molar-refractivity contribution < 1.29 is 9.90 Å². The zero-order valence-corrected chi connectivity index (χ0v) is 11.9. The lowest BCUT2D eigenvalue weighted by molar-refractivity contribution is 0.101. The van der Waals surface area contributed by atoms with E-state index < -0.39 is 6.10 Å². The molecule has 0 bridgehead atoms. The summed E-state index contributed by atoms with van der Waals surface area (Å²) >= 11 is 6.03. The molecular weight excluding hydrogens is 274 g/mol. The van der Waals surface area contributed by atoms with Gasteiger partial charge in [0.15, 0.2) is 5.78 Å². The summed E-state index contributed by atoms with van der Waals surface area (Å²) in [5, 5.41) is 13.6. The molecule has 0 fully saturated rings. The molecule has 0 saturated carbocycles. The van der Waals surface area contributed by atoms with Crippen LogP contribution in [0.4, 0.5) is 5.69 Å². The largest absolute Gasteiger partial charge is 0.387 e. The minimum Gasteiger partial charge on any atom is -0.387 e. The third-order valence-corrected chi connectivity index (χ3v) is 3.34. The van der Waals surface area contributed by atoms with Crippen LogP contribution in [-0.2, 0) is 0 Å². The summed E-state index contributed by atoms with van der Waals surface area (Å²) in [6.45, 7) is 1.85. The van der Waals surface area contributed by atoms with Gasteiger partial charge in [0.1, 0.15) is 0 Å². The van der Waals surface area contributed by atoms with E-state index in [9.17, 15) is 9.90 Å². The number of hydrogen-bond donors (Lipinski definition) is 2. The Balaban J connectivity index is 2.01. The van der Waals surface area contributed by atoms with Crippen molar-refractivity contribution in [2.45, 2.75) is 13.0 Å². The normalized spacial score (nSPS) is 11.9. The van der Waals surface area contributed by atoms with E-state index >= 15 is 0 Å². The summed E-state index contributed by atoms with van der Waals surface area (Å²) in [7, 11) is 0. The Labute approximate surface area is 123 Å². The van der Waals surface area contributed by atoms with Crippen molar-refractivity contribution in [3.63, 3.8) is 0 Å². The van der Waals surface area contributed by atoms with Crippen LogP contribution in [0, 0.1) is 0 Å². The quantitative estimate of drug-likeness (QED) is 0.825. The Bertz CT molecular complexity index is 599. The Hall–Kier alpha value is -1.84. The highest BCUT2D eigenvalue weighted by Crippen LogP contribution is 2.22. The molecular formula is C16H16ClNO2. The zero-order chi connectivity index (χ0) is 14.5. The number of rotatable bonds is 5. The predicted octanol–water partition coefficient (Wildman–Crippen LogP) is 3.69. The lowest BCUT2D eigenvalue weighted by Gasteiger charge is -2.13. The number of ketones is 1. The number of carbonyl (C=O) groups is 1. The molecule has 0 aliphatic heterocycles. The van der Waals surface area contributed by atoms with Crippen molar-refractivity contribution in [1.29, 1.82) is 0 Å². The molecule has 0 saturated heterocycles. The monoisotopic (exact) mass is 289 g/mol. The first kappa shape index (κ1) is 14.6. The first-order valence-corrected chi connectivity index (χ1v) is 6.73. The van der Waals surface area contributed by atoms with Gasteiger partial charge >= 0.3 is 0 Å². The van der Waals surface area contributed by atoms with Crippen molar-refractivity contribution in [1.82, 2.24) is 0 Å². The summed E-state index contributed by atoms with van der Waals surface area (Å²) < 4.78 is 0. The molecule has 2 aromatic rings. The average Bonchev–Trinajstić information content (AvgIpc) is 2.45. The third-order valence-electron chi connectivity index (χ3n) is 3.03. The molecule has 0 amide bonds. The van der Waals surface area contributed by atoms with E-state index in [1.54, 1.807) is 18.2 Å². The first-order valence-electron chi connectivity index (χ1n) is 6.35. The maximum Gasteiger partial charge on any atom is 0.161 e. The second kappa shape index (κ2) is 6.55. The zero-order valence-electron chi connectivity index (χ0n) is 11.1. The molecule has 2 aromatic carbocycles. The fourth-order valence-electron chi connectivity index (χ4n) is 1.92. The van der Waals surface area contributed by atoms with E-state index in [-0.39, 0.29) is 5.78 Å². The van der Waals surface area contributed by atoms with E-state index in [0.717, 1.165) is 11.3 Å². The summed E-state index contributed by atoms with van der Waals surface area (Å²) in [5.41, 5.74) is 2.13. The van der Waals surface area contributed by atoms with Gasteiger partial charge in [-0.15, -0.1) is 0 Å². The molecule has 0 aliphatic rings. The maximum absolute atomic E-state index is 11.3. The number of benzene rings is 2. The molecule has 20 heavy (non-hydrogen) atoms. The highest BCUT2D eigenvalue weighted by atomic mass is 35.5. The van der Waals surface area contributed by atoms with Crippen LogP contribution in [0.1, 0.15) is 28.9 Å². The summed E-state index contributed by atoms with van der Waals surface area (Å²) in [6.07, 6.45) is -0.595. The van der Waals surface area contributed by atoms with Gasteiger partial charge in [0.25, 0.3) is 0 Å². The van der Waals surface area contributed by atoms with Gasteiger partial charge in [-0.2, -0.15) is 0 Å². The fourth-order valence-corrected chi connectivity index (χ4v) is 2.23. The topological polar surface area (TPSA) is 49.3 Å². The minimum absolute atomic E-state index is 0.0640. The van der Waals surface area contributed by atoms with Gasteiger partial charge in [-0.25, -0.2) is 0 Å². The first-order chi connectivity index (χ1) is 9.58. The molecule has 0 aliphatic carbocycles. The second-order valence-electron chi connectivity index (χ2n) is 4.56. The molecule has 1 unspecified atom stereocenters. The number of carbonyl (C=O) groups excluding carboxylic acids is 1. The van der Waals surface area contributed by atoms with E-state index in [1.807, 2.05) is 30.3 Å². The molecule has 0 radical (unpaired) electrons. The van der Waals surface area contributed by atoms with Crippen molar-refractivity contribution in [2.75, 3.05) is 11.9 Å². The highest BCUT2D eigenvalue weighted by Gasteiger charge is 2.09. The van der Waals surface area contributed by atoms with Crippen LogP contribution < -0.4 is 5.32 Å².